The molecule has 0 radical (unpaired) electrons. The van der Waals surface area contributed by atoms with Crippen molar-refractivity contribution in [2.75, 3.05) is 5.43 Å². The first kappa shape index (κ1) is 20.6. The largest absolute Gasteiger partial charge is 0.299 e. The van der Waals surface area contributed by atoms with E-state index in [2.05, 4.69) is 30.5 Å². The standard InChI is InChI=1S/C25H30Cl2N2O/c1-24-12-10-16(28-29-21-5-3-4-20(26)23(21)27)14-15(24)6-7-17-18-8-9-22(30)25(18,2)13-11-19(17)24/h3-5,14,17-19,29H,6-13H2,1-2H3. The summed E-state index contributed by atoms with van der Waals surface area (Å²) in [7, 11) is 0. The van der Waals surface area contributed by atoms with Gasteiger partial charge in [-0.2, -0.15) is 5.10 Å². The zero-order chi connectivity index (χ0) is 21.1. The van der Waals surface area contributed by atoms with Gasteiger partial charge in [0.2, 0.25) is 0 Å². The average Bonchev–Trinajstić information content (AvgIpc) is 3.04. The van der Waals surface area contributed by atoms with E-state index in [0.717, 1.165) is 49.9 Å². The van der Waals surface area contributed by atoms with Gasteiger partial charge in [0.05, 0.1) is 21.4 Å². The van der Waals surface area contributed by atoms with Crippen LogP contribution < -0.4 is 5.43 Å². The number of benzene rings is 1. The molecule has 3 fully saturated rings. The molecule has 4 aliphatic carbocycles. The Labute approximate surface area is 189 Å². The summed E-state index contributed by atoms with van der Waals surface area (Å²) in [5.41, 5.74) is 6.72. The highest BCUT2D eigenvalue weighted by Crippen LogP contribution is 2.64. The molecule has 5 rings (SSSR count). The number of fused-ring (bicyclic) bond motifs is 5. The number of carbonyl (C=O) groups excluding carboxylic acids is 1. The highest BCUT2D eigenvalue weighted by Gasteiger charge is 2.58. The van der Waals surface area contributed by atoms with Crippen LogP contribution in [0.15, 0.2) is 34.9 Å². The van der Waals surface area contributed by atoms with Gasteiger partial charge in [-0.1, -0.05) is 48.7 Å². The quantitative estimate of drug-likeness (QED) is 0.486. The minimum atomic E-state index is -0.0415. The van der Waals surface area contributed by atoms with Crippen LogP contribution in [-0.2, 0) is 4.79 Å². The molecule has 0 spiro atoms. The van der Waals surface area contributed by atoms with Crippen molar-refractivity contribution >= 4 is 40.4 Å². The van der Waals surface area contributed by atoms with Crippen molar-refractivity contribution in [2.24, 2.45) is 33.7 Å². The first-order chi connectivity index (χ1) is 14.3. The Hall–Kier alpha value is -1.32. The van der Waals surface area contributed by atoms with Crippen LogP contribution in [0.2, 0.25) is 10.0 Å². The number of ketones is 1. The van der Waals surface area contributed by atoms with E-state index in [9.17, 15) is 4.79 Å². The summed E-state index contributed by atoms with van der Waals surface area (Å²) in [4.78, 5) is 12.6. The van der Waals surface area contributed by atoms with Crippen molar-refractivity contribution in [3.05, 3.63) is 39.9 Å². The summed E-state index contributed by atoms with van der Waals surface area (Å²) < 4.78 is 0. The summed E-state index contributed by atoms with van der Waals surface area (Å²) in [5, 5.41) is 5.70. The van der Waals surface area contributed by atoms with E-state index in [0.29, 0.717) is 33.6 Å². The van der Waals surface area contributed by atoms with Crippen molar-refractivity contribution in [3.8, 4) is 0 Å². The predicted octanol–water partition coefficient (Wildman–Crippen LogP) is 7.29. The van der Waals surface area contributed by atoms with Gasteiger partial charge in [0, 0.05) is 11.8 Å². The Balaban J connectivity index is 1.38. The van der Waals surface area contributed by atoms with E-state index in [1.165, 1.54) is 12.8 Å². The maximum atomic E-state index is 12.6. The maximum absolute atomic E-state index is 12.6. The minimum absolute atomic E-state index is 0.0415. The van der Waals surface area contributed by atoms with Gasteiger partial charge in [0.1, 0.15) is 5.78 Å². The lowest BCUT2D eigenvalue weighted by atomic mass is 9.47. The molecule has 0 amide bonds. The summed E-state index contributed by atoms with van der Waals surface area (Å²) in [6, 6.07) is 5.55. The lowest BCUT2D eigenvalue weighted by Gasteiger charge is -2.57. The third-order valence-electron chi connectivity index (χ3n) is 8.96. The molecule has 0 saturated heterocycles. The first-order valence-corrected chi connectivity index (χ1v) is 12.1. The molecule has 4 aliphatic rings. The molecule has 3 nitrogen and oxygen atoms in total. The molecule has 0 heterocycles. The first-order valence-electron chi connectivity index (χ1n) is 11.3. The third-order valence-corrected chi connectivity index (χ3v) is 9.78. The molecule has 5 atom stereocenters. The fraction of sp³-hybridized carbons (Fsp3) is 0.600. The van der Waals surface area contributed by atoms with Crippen LogP contribution in [0.5, 0.6) is 0 Å². The smallest absolute Gasteiger partial charge is 0.139 e. The van der Waals surface area contributed by atoms with Gasteiger partial charge in [-0.05, 0) is 86.3 Å². The highest BCUT2D eigenvalue weighted by atomic mass is 35.5. The Bertz CT molecular complexity index is 954. The molecular formula is C25H30Cl2N2O. The average molecular weight is 445 g/mol. The molecule has 1 aromatic carbocycles. The van der Waals surface area contributed by atoms with Gasteiger partial charge in [0.15, 0.2) is 0 Å². The fourth-order valence-electron chi connectivity index (χ4n) is 7.15. The van der Waals surface area contributed by atoms with Crippen LogP contribution in [0.25, 0.3) is 0 Å². The third kappa shape index (κ3) is 3.07. The number of hydrogen-bond donors (Lipinski definition) is 1. The lowest BCUT2D eigenvalue weighted by Crippen LogP contribution is -2.50. The number of hydrogen-bond acceptors (Lipinski definition) is 3. The van der Waals surface area contributed by atoms with Crippen molar-refractivity contribution in [2.45, 2.75) is 65.2 Å². The van der Waals surface area contributed by atoms with Crippen LogP contribution in [0.1, 0.15) is 65.2 Å². The molecular weight excluding hydrogens is 415 g/mol. The number of hydrazone groups is 1. The van der Waals surface area contributed by atoms with Gasteiger partial charge in [-0.3, -0.25) is 10.2 Å². The number of nitrogens with zero attached hydrogens (tertiary/aromatic N) is 1. The number of halogens is 2. The normalized spacial score (nSPS) is 39.2. The molecule has 0 aliphatic heterocycles. The number of carbonyl (C=O) groups is 1. The fourth-order valence-corrected chi connectivity index (χ4v) is 7.50. The summed E-state index contributed by atoms with van der Waals surface area (Å²) in [6.07, 6.45) is 11.0. The highest BCUT2D eigenvalue weighted by molar-refractivity contribution is 6.43. The Morgan fingerprint density at radius 2 is 1.80 bits per heavy atom. The van der Waals surface area contributed by atoms with E-state index >= 15 is 0 Å². The van der Waals surface area contributed by atoms with Crippen molar-refractivity contribution in [1.29, 1.82) is 0 Å². The van der Waals surface area contributed by atoms with Crippen LogP contribution in [0, 0.1) is 28.6 Å². The summed E-state index contributed by atoms with van der Waals surface area (Å²) in [6.45, 7) is 4.74. The van der Waals surface area contributed by atoms with E-state index in [-0.39, 0.29) is 10.8 Å². The minimum Gasteiger partial charge on any atom is -0.299 e. The van der Waals surface area contributed by atoms with Gasteiger partial charge in [-0.15, -0.1) is 0 Å². The Kier molecular flexibility index (Phi) is 5.06. The van der Waals surface area contributed by atoms with Gasteiger partial charge < -0.3 is 0 Å². The number of allylic oxidation sites excluding steroid dienone is 2. The molecule has 5 unspecified atom stereocenters. The second-order valence-corrected chi connectivity index (χ2v) is 11.0. The summed E-state index contributed by atoms with van der Waals surface area (Å²) >= 11 is 12.4. The molecule has 1 aromatic rings. The molecule has 160 valence electrons. The molecule has 0 aromatic heterocycles. The van der Waals surface area contributed by atoms with Crippen LogP contribution in [0.4, 0.5) is 5.69 Å². The number of rotatable bonds is 2. The SMILES string of the molecule is CC12CCC3C(CCC4=CC(=NNc5cccc(Cl)c5Cl)CCC43C)C1CCC2=O. The van der Waals surface area contributed by atoms with E-state index < -0.39 is 0 Å². The molecule has 0 bridgehead atoms. The van der Waals surface area contributed by atoms with Crippen LogP contribution in [0.3, 0.4) is 0 Å². The maximum Gasteiger partial charge on any atom is 0.139 e. The van der Waals surface area contributed by atoms with Crippen LogP contribution >= 0.6 is 23.2 Å². The molecule has 1 N–H and O–H groups in total. The number of nitrogens with one attached hydrogen (secondary N) is 1. The van der Waals surface area contributed by atoms with Crippen molar-refractivity contribution in [1.82, 2.24) is 0 Å². The second kappa shape index (κ2) is 7.38. The molecule has 5 heteroatoms. The zero-order valence-electron chi connectivity index (χ0n) is 17.8. The number of anilines is 1. The molecule has 3 saturated carbocycles. The Morgan fingerprint density at radius 3 is 2.63 bits per heavy atom. The van der Waals surface area contributed by atoms with Crippen LogP contribution in [-0.4, -0.2) is 11.5 Å². The summed E-state index contributed by atoms with van der Waals surface area (Å²) in [5.74, 6) is 2.54. The monoisotopic (exact) mass is 444 g/mol. The Morgan fingerprint density at radius 1 is 1.00 bits per heavy atom. The van der Waals surface area contributed by atoms with Gasteiger partial charge in [0.25, 0.3) is 0 Å². The van der Waals surface area contributed by atoms with Gasteiger partial charge >= 0.3 is 0 Å². The second-order valence-electron chi connectivity index (χ2n) is 10.2. The van der Waals surface area contributed by atoms with Crippen molar-refractivity contribution in [3.63, 3.8) is 0 Å². The topological polar surface area (TPSA) is 41.5 Å². The van der Waals surface area contributed by atoms with Crippen molar-refractivity contribution < 1.29 is 4.79 Å². The molecule has 30 heavy (non-hydrogen) atoms. The predicted molar refractivity (Wildman–Crippen MR) is 124 cm³/mol. The zero-order valence-corrected chi connectivity index (χ0v) is 19.3. The van der Waals surface area contributed by atoms with Gasteiger partial charge in [-0.25, -0.2) is 0 Å². The van der Waals surface area contributed by atoms with E-state index in [1.54, 1.807) is 11.6 Å². The van der Waals surface area contributed by atoms with E-state index in [1.807, 2.05) is 12.1 Å². The number of Topliss-reactive ketones (excluding diaryl/α,β-unsaturated/α-hetero) is 1. The van der Waals surface area contributed by atoms with E-state index in [4.69, 9.17) is 23.2 Å². The lowest BCUT2D eigenvalue weighted by molar-refractivity contribution is -0.132.